The quantitative estimate of drug-likeness (QED) is 0.592. The SMILES string of the molecule is COc1nnc(NC(=O)c2cc(N3CCC3)ncc2-c2cc(Cl)ncc2OC)s1. The lowest BCUT2D eigenvalue weighted by Crippen LogP contribution is -2.37. The van der Waals surface area contributed by atoms with E-state index in [9.17, 15) is 4.79 Å². The molecule has 1 aliphatic heterocycles. The molecule has 29 heavy (non-hydrogen) atoms. The number of pyridine rings is 2. The van der Waals surface area contributed by atoms with E-state index in [2.05, 4.69) is 30.4 Å². The van der Waals surface area contributed by atoms with E-state index in [1.807, 2.05) is 0 Å². The fraction of sp³-hybridized carbons (Fsp3) is 0.278. The van der Waals surface area contributed by atoms with E-state index >= 15 is 0 Å². The molecule has 11 heteroatoms. The van der Waals surface area contributed by atoms with Gasteiger partial charge in [-0.25, -0.2) is 9.97 Å². The topological polar surface area (TPSA) is 102 Å². The molecule has 4 rings (SSSR count). The second-order valence-electron chi connectivity index (χ2n) is 6.17. The largest absolute Gasteiger partial charge is 0.494 e. The highest BCUT2D eigenvalue weighted by Crippen LogP contribution is 2.35. The minimum absolute atomic E-state index is 0.285. The molecule has 4 heterocycles. The molecule has 0 atom stereocenters. The summed E-state index contributed by atoms with van der Waals surface area (Å²) in [7, 11) is 3.02. The van der Waals surface area contributed by atoms with E-state index in [0.29, 0.717) is 32.8 Å². The zero-order chi connectivity index (χ0) is 20.4. The molecule has 0 aromatic carbocycles. The second kappa shape index (κ2) is 8.18. The Bertz CT molecular complexity index is 1060. The number of nitrogens with one attached hydrogen (secondary N) is 1. The van der Waals surface area contributed by atoms with Crippen molar-refractivity contribution in [3.8, 4) is 22.1 Å². The smallest absolute Gasteiger partial charge is 0.295 e. The number of methoxy groups -OCH3 is 2. The summed E-state index contributed by atoms with van der Waals surface area (Å²) in [6, 6.07) is 3.40. The highest BCUT2D eigenvalue weighted by atomic mass is 35.5. The van der Waals surface area contributed by atoms with Gasteiger partial charge in [-0.3, -0.25) is 10.1 Å². The lowest BCUT2D eigenvalue weighted by atomic mass is 10.0. The van der Waals surface area contributed by atoms with Crippen LogP contribution in [-0.4, -0.2) is 53.4 Å². The van der Waals surface area contributed by atoms with Crippen LogP contribution in [-0.2, 0) is 0 Å². The van der Waals surface area contributed by atoms with Crippen molar-refractivity contribution in [2.45, 2.75) is 6.42 Å². The number of ether oxygens (including phenoxy) is 2. The Morgan fingerprint density at radius 3 is 2.62 bits per heavy atom. The third-order valence-electron chi connectivity index (χ3n) is 4.46. The van der Waals surface area contributed by atoms with E-state index in [4.69, 9.17) is 21.1 Å². The first-order valence-corrected chi connectivity index (χ1v) is 9.92. The third kappa shape index (κ3) is 3.94. The Morgan fingerprint density at radius 2 is 1.97 bits per heavy atom. The van der Waals surface area contributed by atoms with Crippen LogP contribution in [0, 0.1) is 0 Å². The van der Waals surface area contributed by atoms with Crippen molar-refractivity contribution in [3.05, 3.63) is 35.2 Å². The number of carbonyl (C=O) groups excluding carboxylic acids is 1. The fourth-order valence-corrected chi connectivity index (χ4v) is 3.58. The van der Waals surface area contributed by atoms with Crippen molar-refractivity contribution in [1.82, 2.24) is 20.2 Å². The minimum atomic E-state index is -0.349. The summed E-state index contributed by atoms with van der Waals surface area (Å²) in [5.41, 5.74) is 1.61. The van der Waals surface area contributed by atoms with Gasteiger partial charge in [-0.05, 0) is 29.9 Å². The van der Waals surface area contributed by atoms with Gasteiger partial charge in [-0.15, -0.1) is 5.10 Å². The molecule has 3 aromatic heterocycles. The minimum Gasteiger partial charge on any atom is -0.494 e. The number of carbonyl (C=O) groups is 1. The first-order valence-electron chi connectivity index (χ1n) is 8.73. The predicted molar refractivity (Wildman–Crippen MR) is 110 cm³/mol. The summed E-state index contributed by atoms with van der Waals surface area (Å²) in [4.78, 5) is 23.8. The Balaban J connectivity index is 1.76. The average Bonchev–Trinajstić information content (AvgIpc) is 3.14. The van der Waals surface area contributed by atoms with Gasteiger partial charge in [0.2, 0.25) is 5.13 Å². The average molecular weight is 433 g/mol. The summed E-state index contributed by atoms with van der Waals surface area (Å²) in [6.45, 7) is 1.82. The first kappa shape index (κ1) is 19.3. The second-order valence-corrected chi connectivity index (χ2v) is 7.49. The molecule has 150 valence electrons. The molecule has 1 fully saturated rings. The van der Waals surface area contributed by atoms with Crippen molar-refractivity contribution in [1.29, 1.82) is 0 Å². The fourth-order valence-electron chi connectivity index (χ4n) is 2.86. The van der Waals surface area contributed by atoms with Crippen LogP contribution in [0.1, 0.15) is 16.8 Å². The molecule has 1 amide bonds. The van der Waals surface area contributed by atoms with E-state index in [-0.39, 0.29) is 11.1 Å². The number of anilines is 2. The van der Waals surface area contributed by atoms with Crippen molar-refractivity contribution in [3.63, 3.8) is 0 Å². The van der Waals surface area contributed by atoms with E-state index in [1.54, 1.807) is 18.3 Å². The lowest BCUT2D eigenvalue weighted by molar-refractivity contribution is 0.102. The predicted octanol–water partition coefficient (Wildman–Crippen LogP) is 3.13. The Kier molecular flexibility index (Phi) is 5.45. The highest BCUT2D eigenvalue weighted by molar-refractivity contribution is 7.17. The van der Waals surface area contributed by atoms with Gasteiger partial charge in [-0.2, -0.15) is 0 Å². The number of halogens is 1. The molecular weight excluding hydrogens is 416 g/mol. The normalized spacial score (nSPS) is 13.0. The third-order valence-corrected chi connectivity index (χ3v) is 5.47. The van der Waals surface area contributed by atoms with Crippen molar-refractivity contribution in [2.75, 3.05) is 37.5 Å². The van der Waals surface area contributed by atoms with E-state index in [0.717, 1.165) is 36.7 Å². The van der Waals surface area contributed by atoms with Crippen LogP contribution in [0.2, 0.25) is 5.15 Å². The molecule has 0 unspecified atom stereocenters. The molecule has 0 bridgehead atoms. The van der Waals surface area contributed by atoms with Crippen LogP contribution in [0.5, 0.6) is 10.9 Å². The maximum absolute atomic E-state index is 13.1. The maximum atomic E-state index is 13.1. The van der Waals surface area contributed by atoms with Crippen LogP contribution in [0.4, 0.5) is 10.9 Å². The van der Waals surface area contributed by atoms with E-state index < -0.39 is 0 Å². The van der Waals surface area contributed by atoms with Gasteiger partial charge in [0.05, 0.1) is 26.0 Å². The molecule has 1 aliphatic rings. The van der Waals surface area contributed by atoms with Crippen LogP contribution in [0.25, 0.3) is 11.1 Å². The Hall–Kier alpha value is -2.98. The standard InChI is InChI=1S/C18H17ClN6O3S/c1-27-13-9-20-14(19)6-10(13)12-8-21-15(25-4-3-5-25)7-11(12)16(26)22-17-23-24-18(28-2)29-17/h6-9H,3-5H2,1-2H3,(H,22,23,26). The lowest BCUT2D eigenvalue weighted by Gasteiger charge is -2.32. The Morgan fingerprint density at radius 1 is 1.14 bits per heavy atom. The molecule has 0 saturated carbocycles. The number of aromatic nitrogens is 4. The zero-order valence-corrected chi connectivity index (χ0v) is 17.3. The zero-order valence-electron chi connectivity index (χ0n) is 15.7. The summed E-state index contributed by atoms with van der Waals surface area (Å²) >= 11 is 7.23. The summed E-state index contributed by atoms with van der Waals surface area (Å²) in [5, 5.41) is 11.5. The number of amides is 1. The summed E-state index contributed by atoms with van der Waals surface area (Å²) in [6.07, 6.45) is 4.26. The number of hydrogen-bond donors (Lipinski definition) is 1. The molecule has 3 aromatic rings. The van der Waals surface area contributed by atoms with Crippen molar-refractivity contribution < 1.29 is 14.3 Å². The number of nitrogens with zero attached hydrogens (tertiary/aromatic N) is 5. The Labute approximate surface area is 175 Å². The van der Waals surface area contributed by atoms with Gasteiger partial charge in [0.25, 0.3) is 11.1 Å². The molecule has 1 saturated heterocycles. The number of hydrogen-bond acceptors (Lipinski definition) is 9. The van der Waals surface area contributed by atoms with E-state index in [1.165, 1.54) is 20.4 Å². The maximum Gasteiger partial charge on any atom is 0.295 e. The molecule has 0 spiro atoms. The van der Waals surface area contributed by atoms with Gasteiger partial charge < -0.3 is 14.4 Å². The number of rotatable bonds is 6. The highest BCUT2D eigenvalue weighted by Gasteiger charge is 2.23. The molecule has 1 N–H and O–H groups in total. The van der Waals surface area contributed by atoms with Crippen LogP contribution in [0.3, 0.4) is 0 Å². The molecule has 0 radical (unpaired) electrons. The van der Waals surface area contributed by atoms with Crippen molar-refractivity contribution >= 4 is 39.8 Å². The van der Waals surface area contributed by atoms with Crippen LogP contribution < -0.4 is 19.7 Å². The summed E-state index contributed by atoms with van der Waals surface area (Å²) < 4.78 is 10.4. The monoisotopic (exact) mass is 432 g/mol. The van der Waals surface area contributed by atoms with Gasteiger partial charge >= 0.3 is 0 Å². The van der Waals surface area contributed by atoms with Gasteiger partial charge in [0.1, 0.15) is 16.7 Å². The van der Waals surface area contributed by atoms with Gasteiger partial charge in [-0.1, -0.05) is 16.7 Å². The molecular formula is C18H17ClN6O3S. The first-order chi connectivity index (χ1) is 14.1. The van der Waals surface area contributed by atoms with Gasteiger partial charge in [0.15, 0.2) is 0 Å². The molecule has 0 aliphatic carbocycles. The van der Waals surface area contributed by atoms with Gasteiger partial charge in [0, 0.05) is 30.4 Å². The van der Waals surface area contributed by atoms with Crippen LogP contribution >= 0.6 is 22.9 Å². The summed E-state index contributed by atoms with van der Waals surface area (Å²) in [5.74, 6) is 0.872. The molecule has 9 nitrogen and oxygen atoms in total. The van der Waals surface area contributed by atoms with Crippen molar-refractivity contribution in [2.24, 2.45) is 0 Å². The van der Waals surface area contributed by atoms with Crippen LogP contribution in [0.15, 0.2) is 24.5 Å².